The van der Waals surface area contributed by atoms with E-state index in [2.05, 4.69) is 0 Å². The zero-order valence-electron chi connectivity index (χ0n) is 12.4. The number of urea groups is 1. The van der Waals surface area contributed by atoms with Crippen molar-refractivity contribution in [3.8, 4) is 5.75 Å². The van der Waals surface area contributed by atoms with Crippen molar-refractivity contribution in [2.24, 2.45) is 0 Å². The van der Waals surface area contributed by atoms with Crippen LogP contribution in [0, 0.1) is 0 Å². The van der Waals surface area contributed by atoms with Crippen molar-refractivity contribution in [3.63, 3.8) is 0 Å². The lowest BCUT2D eigenvalue weighted by molar-refractivity contribution is 0.0706. The molecule has 0 saturated carbocycles. The van der Waals surface area contributed by atoms with Gasteiger partial charge in [-0.3, -0.25) is 10.0 Å². The molecule has 1 aromatic carbocycles. The van der Waals surface area contributed by atoms with Crippen molar-refractivity contribution in [3.05, 3.63) is 29.3 Å². The van der Waals surface area contributed by atoms with Crippen molar-refractivity contribution in [2.45, 2.75) is 25.9 Å². The van der Waals surface area contributed by atoms with Crippen LogP contribution in [0.15, 0.2) is 18.2 Å². The maximum absolute atomic E-state index is 12.5. The molecular weight excluding hydrogens is 286 g/mol. The maximum atomic E-state index is 12.5. The Labute approximate surface area is 128 Å². The van der Waals surface area contributed by atoms with Crippen LogP contribution in [0.1, 0.15) is 29.3 Å². The topological polar surface area (TPSA) is 82.1 Å². The molecule has 1 aromatic rings. The molecule has 7 heteroatoms. The van der Waals surface area contributed by atoms with E-state index in [1.807, 2.05) is 11.8 Å². The highest BCUT2D eigenvalue weighted by Gasteiger charge is 2.31. The fraction of sp³-hybridized carbons (Fsp3) is 0.467. The van der Waals surface area contributed by atoms with Crippen molar-refractivity contribution in [1.29, 1.82) is 0 Å². The van der Waals surface area contributed by atoms with Crippen LogP contribution in [0.2, 0.25) is 0 Å². The Hall–Kier alpha value is -2.28. The summed E-state index contributed by atoms with van der Waals surface area (Å²) >= 11 is 0. The first-order valence-electron chi connectivity index (χ1n) is 7.36. The van der Waals surface area contributed by atoms with Crippen molar-refractivity contribution in [1.82, 2.24) is 15.3 Å². The third-order valence-corrected chi connectivity index (χ3v) is 4.16. The molecule has 2 N–H and O–H groups in total. The lowest BCUT2D eigenvalue weighted by Gasteiger charge is -2.37. The SMILES string of the molecule is C[C@H]1COc2cc(C(=O)NO)ccc2CN1C(=O)N1CCC1. The highest BCUT2D eigenvalue weighted by Crippen LogP contribution is 2.27. The van der Waals surface area contributed by atoms with Crippen LogP contribution in [-0.4, -0.2) is 52.7 Å². The second kappa shape index (κ2) is 5.84. The molecule has 1 atom stereocenters. The molecule has 0 spiro atoms. The second-order valence-corrected chi connectivity index (χ2v) is 5.67. The highest BCUT2D eigenvalue weighted by molar-refractivity contribution is 5.93. The standard InChI is InChI=1S/C15H19N3O4/c1-10-9-22-13-7-11(14(19)16-21)3-4-12(13)8-18(10)15(20)17-5-2-6-17/h3-4,7,10,21H,2,5-6,8-9H2,1H3,(H,16,19)/t10-/m0/s1. The van der Waals surface area contributed by atoms with E-state index in [-0.39, 0.29) is 12.1 Å². The van der Waals surface area contributed by atoms with E-state index < -0.39 is 5.91 Å². The van der Waals surface area contributed by atoms with Gasteiger partial charge in [-0.05, 0) is 25.5 Å². The monoisotopic (exact) mass is 305 g/mol. The quantitative estimate of drug-likeness (QED) is 0.603. The molecular formula is C15H19N3O4. The van der Waals surface area contributed by atoms with Crippen LogP contribution in [0.3, 0.4) is 0 Å². The Morgan fingerprint density at radius 3 is 2.77 bits per heavy atom. The zero-order chi connectivity index (χ0) is 15.7. The number of hydrogen-bond donors (Lipinski definition) is 2. The van der Waals surface area contributed by atoms with Crippen molar-refractivity contribution < 1.29 is 19.5 Å². The van der Waals surface area contributed by atoms with E-state index in [1.54, 1.807) is 28.6 Å². The summed E-state index contributed by atoms with van der Waals surface area (Å²) in [6.45, 7) is 4.39. The van der Waals surface area contributed by atoms with Gasteiger partial charge in [0.2, 0.25) is 0 Å². The average Bonchev–Trinajstić information content (AvgIpc) is 2.63. The van der Waals surface area contributed by atoms with Crippen LogP contribution < -0.4 is 10.2 Å². The summed E-state index contributed by atoms with van der Waals surface area (Å²) in [4.78, 5) is 27.6. The molecule has 0 unspecified atom stereocenters. The molecule has 2 aliphatic heterocycles. The molecule has 3 amide bonds. The van der Waals surface area contributed by atoms with E-state index in [4.69, 9.17) is 9.94 Å². The Balaban J connectivity index is 1.84. The number of hydrogen-bond acceptors (Lipinski definition) is 4. The number of rotatable bonds is 1. The summed E-state index contributed by atoms with van der Waals surface area (Å²) in [5, 5.41) is 8.70. The summed E-state index contributed by atoms with van der Waals surface area (Å²) < 4.78 is 5.73. The highest BCUT2D eigenvalue weighted by atomic mass is 16.5. The Morgan fingerprint density at radius 1 is 1.36 bits per heavy atom. The third kappa shape index (κ3) is 2.59. The number of fused-ring (bicyclic) bond motifs is 1. The minimum Gasteiger partial charge on any atom is -0.491 e. The molecule has 2 aliphatic rings. The molecule has 0 radical (unpaired) electrons. The largest absolute Gasteiger partial charge is 0.491 e. The van der Waals surface area contributed by atoms with Gasteiger partial charge in [0.25, 0.3) is 5.91 Å². The van der Waals surface area contributed by atoms with Crippen molar-refractivity contribution >= 4 is 11.9 Å². The van der Waals surface area contributed by atoms with Crippen LogP contribution in [0.25, 0.3) is 0 Å². The van der Waals surface area contributed by atoms with Gasteiger partial charge in [-0.2, -0.15) is 0 Å². The average molecular weight is 305 g/mol. The van der Waals surface area contributed by atoms with E-state index in [1.165, 1.54) is 0 Å². The molecule has 7 nitrogen and oxygen atoms in total. The number of amides is 3. The van der Waals surface area contributed by atoms with E-state index >= 15 is 0 Å². The van der Waals surface area contributed by atoms with Crippen LogP contribution in [0.5, 0.6) is 5.75 Å². The van der Waals surface area contributed by atoms with Gasteiger partial charge in [0, 0.05) is 24.2 Å². The zero-order valence-corrected chi connectivity index (χ0v) is 12.4. The summed E-state index contributed by atoms with van der Waals surface area (Å²) in [5.74, 6) is -0.0101. The molecule has 22 heavy (non-hydrogen) atoms. The molecule has 0 bridgehead atoms. The minimum atomic E-state index is -0.586. The third-order valence-electron chi connectivity index (χ3n) is 4.16. The molecule has 0 aliphatic carbocycles. The number of carbonyl (C=O) groups is 2. The van der Waals surface area contributed by atoms with Gasteiger partial charge in [0.1, 0.15) is 12.4 Å². The summed E-state index contributed by atoms with van der Waals surface area (Å²) in [7, 11) is 0. The lowest BCUT2D eigenvalue weighted by Crippen LogP contribution is -2.52. The number of nitrogens with one attached hydrogen (secondary N) is 1. The van der Waals surface area contributed by atoms with Gasteiger partial charge < -0.3 is 14.5 Å². The van der Waals surface area contributed by atoms with Gasteiger partial charge in [-0.1, -0.05) is 6.07 Å². The van der Waals surface area contributed by atoms with Gasteiger partial charge in [0.15, 0.2) is 0 Å². The predicted molar refractivity (Wildman–Crippen MR) is 77.8 cm³/mol. The number of nitrogens with zero attached hydrogens (tertiary/aromatic N) is 2. The van der Waals surface area contributed by atoms with E-state index in [0.717, 1.165) is 25.1 Å². The first-order chi connectivity index (χ1) is 10.6. The fourth-order valence-electron chi connectivity index (χ4n) is 2.61. The number of ether oxygens (including phenoxy) is 1. The maximum Gasteiger partial charge on any atom is 0.320 e. The number of carbonyl (C=O) groups excluding carboxylic acids is 2. The van der Waals surface area contributed by atoms with Gasteiger partial charge >= 0.3 is 6.03 Å². The molecule has 118 valence electrons. The number of likely N-dealkylation sites (tertiary alicyclic amines) is 1. The predicted octanol–water partition coefficient (Wildman–Crippen LogP) is 1.21. The fourth-order valence-corrected chi connectivity index (χ4v) is 2.61. The second-order valence-electron chi connectivity index (χ2n) is 5.67. The molecule has 0 aromatic heterocycles. The number of benzene rings is 1. The Morgan fingerprint density at radius 2 is 2.14 bits per heavy atom. The first-order valence-corrected chi connectivity index (χ1v) is 7.36. The first kappa shape index (κ1) is 14.6. The molecule has 3 rings (SSSR count). The minimum absolute atomic E-state index is 0.0346. The summed E-state index contributed by atoms with van der Waals surface area (Å²) in [6.07, 6.45) is 1.06. The van der Waals surface area contributed by atoms with Crippen LogP contribution in [-0.2, 0) is 6.54 Å². The van der Waals surface area contributed by atoms with Crippen LogP contribution in [0.4, 0.5) is 4.79 Å². The molecule has 2 heterocycles. The van der Waals surface area contributed by atoms with Crippen LogP contribution >= 0.6 is 0 Å². The molecule has 1 fully saturated rings. The van der Waals surface area contributed by atoms with Gasteiger partial charge in [-0.25, -0.2) is 10.3 Å². The van der Waals surface area contributed by atoms with E-state index in [9.17, 15) is 9.59 Å². The van der Waals surface area contributed by atoms with E-state index in [0.29, 0.717) is 24.5 Å². The normalized spacial score (nSPS) is 20.4. The van der Waals surface area contributed by atoms with Gasteiger partial charge in [0.05, 0.1) is 12.6 Å². The molecule has 1 saturated heterocycles. The van der Waals surface area contributed by atoms with Crippen molar-refractivity contribution in [2.75, 3.05) is 19.7 Å². The summed E-state index contributed by atoms with van der Waals surface area (Å²) in [5.41, 5.74) is 2.77. The number of hydroxylamine groups is 1. The summed E-state index contributed by atoms with van der Waals surface area (Å²) in [6, 6.07) is 4.94. The lowest BCUT2D eigenvalue weighted by atomic mass is 10.1. The smallest absolute Gasteiger partial charge is 0.320 e. The Kier molecular flexibility index (Phi) is 3.89. The Bertz CT molecular complexity index is 600. The van der Waals surface area contributed by atoms with Gasteiger partial charge in [-0.15, -0.1) is 0 Å².